The standard InChI is InChI=1S/C32H43F6N3O8/c1-2-3-4-5-6-7-8-9-10-14-26(44)40-23(15-17-25(39)43)29(47)41-22(16-18-27(45)46)24(42)19-49-30(48)28-20(31(33,34)35)12-11-13-21(28)32(36,37)38/h11-13,22-23H,2-10,14-19H2,1H3,(H2,39,43)(H,40,44)(H,41,47)(H,45,46)/t22-,23-/m0/s1. The SMILES string of the molecule is CCCCCCCCCCCC(=O)N[C@@H](CCC(N)=O)C(=O)N[C@@H](CCC(=O)O)C(=O)COC(=O)c1c(C(F)(F)F)cccc1C(F)(F)F. The number of amides is 3. The number of ether oxygens (including phenoxy) is 1. The van der Waals surface area contributed by atoms with Gasteiger partial charge in [-0.3, -0.25) is 24.0 Å². The van der Waals surface area contributed by atoms with E-state index in [2.05, 4.69) is 22.3 Å². The Morgan fingerprint density at radius 2 is 1.27 bits per heavy atom. The van der Waals surface area contributed by atoms with Crippen molar-refractivity contribution in [2.45, 2.75) is 121 Å². The van der Waals surface area contributed by atoms with E-state index in [9.17, 15) is 55.1 Å². The molecule has 3 amide bonds. The lowest BCUT2D eigenvalue weighted by molar-refractivity contribution is -0.144. The van der Waals surface area contributed by atoms with Gasteiger partial charge in [0.05, 0.1) is 22.7 Å². The maximum atomic E-state index is 13.5. The quantitative estimate of drug-likeness (QED) is 0.0655. The second-order valence-electron chi connectivity index (χ2n) is 11.5. The number of benzene rings is 1. The molecule has 0 spiro atoms. The molecular formula is C32H43F6N3O8. The number of carbonyl (C=O) groups excluding carboxylic acids is 5. The zero-order valence-corrected chi connectivity index (χ0v) is 27.1. The van der Waals surface area contributed by atoms with Gasteiger partial charge in [-0.15, -0.1) is 0 Å². The Labute approximate surface area is 279 Å². The number of nitrogens with one attached hydrogen (secondary N) is 2. The zero-order valence-electron chi connectivity index (χ0n) is 27.1. The lowest BCUT2D eigenvalue weighted by Gasteiger charge is -2.23. The van der Waals surface area contributed by atoms with Crippen molar-refractivity contribution < 1.29 is 65.0 Å². The van der Waals surface area contributed by atoms with Crippen molar-refractivity contribution in [1.29, 1.82) is 0 Å². The summed E-state index contributed by atoms with van der Waals surface area (Å²) in [6.07, 6.45) is -3.96. The van der Waals surface area contributed by atoms with Crippen molar-refractivity contribution in [2.75, 3.05) is 6.61 Å². The van der Waals surface area contributed by atoms with Crippen LogP contribution in [-0.2, 0) is 41.1 Å². The molecule has 5 N–H and O–H groups in total. The fraction of sp³-hybridized carbons (Fsp3) is 0.625. The first kappa shape index (κ1) is 42.8. The lowest BCUT2D eigenvalue weighted by atomic mass is 10.00. The molecule has 1 aromatic carbocycles. The van der Waals surface area contributed by atoms with Crippen LogP contribution in [0.25, 0.3) is 0 Å². The molecule has 0 radical (unpaired) electrons. The molecule has 0 unspecified atom stereocenters. The van der Waals surface area contributed by atoms with Crippen molar-refractivity contribution in [2.24, 2.45) is 5.73 Å². The molecule has 0 saturated carbocycles. The Morgan fingerprint density at radius 1 is 0.755 bits per heavy atom. The van der Waals surface area contributed by atoms with Gasteiger partial charge in [-0.1, -0.05) is 64.4 Å². The molecule has 11 nitrogen and oxygen atoms in total. The van der Waals surface area contributed by atoms with Gasteiger partial charge in [-0.05, 0) is 31.4 Å². The second kappa shape index (κ2) is 21.0. The van der Waals surface area contributed by atoms with E-state index >= 15 is 0 Å². The fourth-order valence-corrected chi connectivity index (χ4v) is 4.83. The molecule has 0 saturated heterocycles. The highest BCUT2D eigenvalue weighted by Crippen LogP contribution is 2.39. The molecule has 1 rings (SSSR count). The van der Waals surface area contributed by atoms with E-state index in [1.165, 1.54) is 12.8 Å². The van der Waals surface area contributed by atoms with Crippen LogP contribution in [0.1, 0.15) is 118 Å². The van der Waals surface area contributed by atoms with Crippen molar-refractivity contribution in [3.8, 4) is 0 Å². The van der Waals surface area contributed by atoms with Crippen LogP contribution in [0.5, 0.6) is 0 Å². The molecule has 49 heavy (non-hydrogen) atoms. The van der Waals surface area contributed by atoms with Gasteiger partial charge in [0.15, 0.2) is 12.4 Å². The largest absolute Gasteiger partial charge is 0.481 e. The normalized spacial score (nSPS) is 12.9. The van der Waals surface area contributed by atoms with Crippen LogP contribution in [0.3, 0.4) is 0 Å². The van der Waals surface area contributed by atoms with Crippen molar-refractivity contribution in [3.63, 3.8) is 0 Å². The van der Waals surface area contributed by atoms with E-state index in [0.717, 1.165) is 38.5 Å². The average molecular weight is 712 g/mol. The Morgan fingerprint density at radius 3 is 1.76 bits per heavy atom. The number of carboxylic acids is 1. The highest BCUT2D eigenvalue weighted by molar-refractivity contribution is 5.97. The first-order valence-electron chi connectivity index (χ1n) is 16.0. The number of hydrogen-bond acceptors (Lipinski definition) is 7. The number of rotatable bonds is 23. The van der Waals surface area contributed by atoms with E-state index in [0.29, 0.717) is 12.5 Å². The molecule has 2 atom stereocenters. The van der Waals surface area contributed by atoms with Crippen LogP contribution >= 0.6 is 0 Å². The highest BCUT2D eigenvalue weighted by atomic mass is 19.4. The van der Waals surface area contributed by atoms with Gasteiger partial charge in [-0.25, -0.2) is 4.79 Å². The summed E-state index contributed by atoms with van der Waals surface area (Å²) < 4.78 is 85.3. The zero-order chi connectivity index (χ0) is 37.2. The third kappa shape index (κ3) is 16.7. The molecule has 0 aromatic heterocycles. The van der Waals surface area contributed by atoms with E-state index < -0.39 is 96.0 Å². The Hall–Kier alpha value is -4.18. The molecule has 0 aliphatic heterocycles. The summed E-state index contributed by atoms with van der Waals surface area (Å²) in [4.78, 5) is 73.7. The molecule has 17 heteroatoms. The van der Waals surface area contributed by atoms with Crippen LogP contribution in [0.15, 0.2) is 18.2 Å². The number of ketones is 1. The number of esters is 1. The van der Waals surface area contributed by atoms with Gasteiger partial charge < -0.3 is 26.2 Å². The number of carboxylic acid groups (broad SMARTS) is 1. The fourth-order valence-electron chi connectivity index (χ4n) is 4.83. The van der Waals surface area contributed by atoms with Crippen molar-refractivity contribution in [1.82, 2.24) is 10.6 Å². The summed E-state index contributed by atoms with van der Waals surface area (Å²) in [5.74, 6) is -7.28. The minimum absolute atomic E-state index is 0.0345. The van der Waals surface area contributed by atoms with Crippen molar-refractivity contribution >= 4 is 35.4 Å². The number of halogens is 6. The Bertz CT molecular complexity index is 1250. The van der Waals surface area contributed by atoms with Gasteiger partial charge in [0.2, 0.25) is 17.7 Å². The van der Waals surface area contributed by atoms with E-state index in [1.807, 2.05) is 0 Å². The number of primary amides is 1. The van der Waals surface area contributed by atoms with Crippen LogP contribution in [0.4, 0.5) is 26.3 Å². The van der Waals surface area contributed by atoms with Gasteiger partial charge in [0, 0.05) is 19.3 Å². The second-order valence-corrected chi connectivity index (χ2v) is 11.5. The van der Waals surface area contributed by atoms with Crippen LogP contribution in [0, 0.1) is 0 Å². The lowest BCUT2D eigenvalue weighted by Crippen LogP contribution is -2.52. The van der Waals surface area contributed by atoms with Crippen LogP contribution in [0.2, 0.25) is 0 Å². The average Bonchev–Trinajstić information content (AvgIpc) is 3.01. The molecule has 276 valence electrons. The Kier molecular flexibility index (Phi) is 18.4. The first-order chi connectivity index (χ1) is 22.9. The van der Waals surface area contributed by atoms with E-state index in [-0.39, 0.29) is 31.4 Å². The number of carbonyl (C=O) groups is 6. The smallest absolute Gasteiger partial charge is 0.417 e. The summed E-state index contributed by atoms with van der Waals surface area (Å²) in [5.41, 5.74) is -0.654. The van der Waals surface area contributed by atoms with Crippen LogP contribution in [-0.4, -0.2) is 59.2 Å². The molecule has 0 aliphatic carbocycles. The predicted octanol–water partition coefficient (Wildman–Crippen LogP) is 5.47. The molecule has 0 bridgehead atoms. The number of Topliss-reactive ketones (excluding diaryl/α,β-unsaturated/α-hetero) is 1. The predicted molar refractivity (Wildman–Crippen MR) is 163 cm³/mol. The molecule has 0 fully saturated rings. The number of unbranched alkanes of at least 4 members (excludes halogenated alkanes) is 8. The molecule has 0 heterocycles. The molecular weight excluding hydrogens is 668 g/mol. The topological polar surface area (TPSA) is 182 Å². The maximum absolute atomic E-state index is 13.5. The monoisotopic (exact) mass is 711 g/mol. The molecule has 0 aliphatic rings. The number of aliphatic carboxylic acids is 1. The molecule has 1 aromatic rings. The summed E-state index contributed by atoms with van der Waals surface area (Å²) in [5, 5.41) is 13.7. The van der Waals surface area contributed by atoms with Gasteiger partial charge in [0.25, 0.3) is 0 Å². The maximum Gasteiger partial charge on any atom is 0.417 e. The number of hydrogen-bond donors (Lipinski definition) is 4. The summed E-state index contributed by atoms with van der Waals surface area (Å²) in [7, 11) is 0. The van der Waals surface area contributed by atoms with E-state index in [4.69, 9.17) is 10.8 Å². The van der Waals surface area contributed by atoms with Crippen LogP contribution < -0.4 is 16.4 Å². The summed E-state index contributed by atoms with van der Waals surface area (Å²) >= 11 is 0. The summed E-state index contributed by atoms with van der Waals surface area (Å²) in [6, 6.07) is -2.30. The third-order valence-corrected chi connectivity index (χ3v) is 7.42. The number of alkyl halides is 6. The number of nitrogens with two attached hydrogens (primary N) is 1. The van der Waals surface area contributed by atoms with E-state index in [1.54, 1.807) is 0 Å². The minimum atomic E-state index is -5.41. The van der Waals surface area contributed by atoms with Gasteiger partial charge >= 0.3 is 24.3 Å². The van der Waals surface area contributed by atoms with Gasteiger partial charge in [0.1, 0.15) is 6.04 Å². The van der Waals surface area contributed by atoms with Gasteiger partial charge in [-0.2, -0.15) is 26.3 Å². The van der Waals surface area contributed by atoms with Crippen molar-refractivity contribution in [3.05, 3.63) is 34.9 Å². The highest BCUT2D eigenvalue weighted by Gasteiger charge is 2.43. The summed E-state index contributed by atoms with van der Waals surface area (Å²) in [6.45, 7) is 0.683. The Balaban J connectivity index is 3.00. The minimum Gasteiger partial charge on any atom is -0.481 e. The first-order valence-corrected chi connectivity index (χ1v) is 16.0. The third-order valence-electron chi connectivity index (χ3n) is 7.42.